The van der Waals surface area contributed by atoms with Crippen molar-refractivity contribution >= 4 is 21.6 Å². The molecular weight excluding hydrogens is 390 g/mol. The van der Waals surface area contributed by atoms with E-state index in [1.165, 1.54) is 41.6 Å². The Hall–Kier alpha value is -2.42. The molecule has 1 aliphatic rings. The summed E-state index contributed by atoms with van der Waals surface area (Å²) in [5.74, 6) is 0.129. The van der Waals surface area contributed by atoms with Crippen molar-refractivity contribution in [3.05, 3.63) is 53.6 Å². The van der Waals surface area contributed by atoms with Gasteiger partial charge in [-0.15, -0.1) is 0 Å². The van der Waals surface area contributed by atoms with Gasteiger partial charge < -0.3 is 10.1 Å². The highest BCUT2D eigenvalue weighted by atomic mass is 32.2. The second-order valence-corrected chi connectivity index (χ2v) is 9.15. The molecule has 8 heteroatoms. The number of piperazine rings is 1. The molecule has 0 bridgehead atoms. The summed E-state index contributed by atoms with van der Waals surface area (Å²) >= 11 is 0. The van der Waals surface area contributed by atoms with Crippen LogP contribution in [0.2, 0.25) is 0 Å². The predicted octanol–water partition coefficient (Wildman–Crippen LogP) is 2.47. The SMILES string of the molecule is COc1ccc(S(=O)(=O)N2CCN(Cc3cccc(C)c3)CC2)cc1NC(C)=O. The lowest BCUT2D eigenvalue weighted by atomic mass is 10.1. The first-order valence-corrected chi connectivity index (χ1v) is 11.0. The summed E-state index contributed by atoms with van der Waals surface area (Å²) in [7, 11) is -2.17. The normalized spacial score (nSPS) is 15.8. The molecule has 156 valence electrons. The van der Waals surface area contributed by atoms with Crippen molar-refractivity contribution in [1.29, 1.82) is 0 Å². The Kier molecular flexibility index (Phi) is 6.56. The number of methoxy groups -OCH3 is 1. The number of nitrogens with one attached hydrogen (secondary N) is 1. The molecule has 0 spiro atoms. The Morgan fingerprint density at radius 2 is 1.83 bits per heavy atom. The molecule has 0 radical (unpaired) electrons. The summed E-state index contributed by atoms with van der Waals surface area (Å²) in [6, 6.07) is 12.9. The van der Waals surface area contributed by atoms with E-state index < -0.39 is 10.0 Å². The smallest absolute Gasteiger partial charge is 0.243 e. The first-order valence-electron chi connectivity index (χ1n) is 9.53. The van der Waals surface area contributed by atoms with Gasteiger partial charge in [0.15, 0.2) is 0 Å². The fourth-order valence-corrected chi connectivity index (χ4v) is 4.93. The van der Waals surface area contributed by atoms with Gasteiger partial charge in [-0.05, 0) is 30.7 Å². The van der Waals surface area contributed by atoms with Crippen molar-refractivity contribution in [2.75, 3.05) is 38.6 Å². The number of anilines is 1. The van der Waals surface area contributed by atoms with E-state index in [1.807, 2.05) is 6.07 Å². The van der Waals surface area contributed by atoms with Gasteiger partial charge in [-0.3, -0.25) is 9.69 Å². The lowest BCUT2D eigenvalue weighted by Gasteiger charge is -2.34. The van der Waals surface area contributed by atoms with Gasteiger partial charge in [0.25, 0.3) is 0 Å². The minimum Gasteiger partial charge on any atom is -0.495 e. The Labute approximate surface area is 172 Å². The van der Waals surface area contributed by atoms with Crippen molar-refractivity contribution in [1.82, 2.24) is 9.21 Å². The lowest BCUT2D eigenvalue weighted by molar-refractivity contribution is -0.114. The van der Waals surface area contributed by atoms with E-state index in [4.69, 9.17) is 4.74 Å². The number of aryl methyl sites for hydroxylation is 1. The zero-order valence-electron chi connectivity index (χ0n) is 17.0. The topological polar surface area (TPSA) is 79.0 Å². The van der Waals surface area contributed by atoms with Crippen LogP contribution >= 0.6 is 0 Å². The average Bonchev–Trinajstić information content (AvgIpc) is 2.68. The van der Waals surface area contributed by atoms with E-state index in [1.54, 1.807) is 6.07 Å². The van der Waals surface area contributed by atoms with Crippen LogP contribution < -0.4 is 10.1 Å². The molecule has 0 aliphatic carbocycles. The van der Waals surface area contributed by atoms with Gasteiger partial charge in [-0.1, -0.05) is 29.8 Å². The molecule has 1 N–H and O–H groups in total. The van der Waals surface area contributed by atoms with Crippen molar-refractivity contribution < 1.29 is 17.9 Å². The van der Waals surface area contributed by atoms with E-state index in [2.05, 4.69) is 35.3 Å². The Balaban J connectivity index is 1.70. The summed E-state index contributed by atoms with van der Waals surface area (Å²) < 4.78 is 32.9. The molecule has 1 heterocycles. The number of hydrogen-bond acceptors (Lipinski definition) is 5. The van der Waals surface area contributed by atoms with Gasteiger partial charge in [0.1, 0.15) is 5.75 Å². The van der Waals surface area contributed by atoms with Gasteiger partial charge in [0.05, 0.1) is 17.7 Å². The fourth-order valence-electron chi connectivity index (χ4n) is 3.48. The Morgan fingerprint density at radius 1 is 1.10 bits per heavy atom. The van der Waals surface area contributed by atoms with Crippen LogP contribution in [-0.4, -0.2) is 56.8 Å². The van der Waals surface area contributed by atoms with Crippen molar-refractivity contribution in [3.63, 3.8) is 0 Å². The zero-order chi connectivity index (χ0) is 21.0. The molecule has 2 aromatic carbocycles. The summed E-state index contributed by atoms with van der Waals surface area (Å²) in [6.07, 6.45) is 0. The third-order valence-electron chi connectivity index (χ3n) is 4.94. The standard InChI is InChI=1S/C21H27N3O4S/c1-16-5-4-6-18(13-16)15-23-9-11-24(12-10-23)29(26,27)19-7-8-21(28-3)20(14-19)22-17(2)25/h4-8,13-14H,9-12,15H2,1-3H3,(H,22,25). The van der Waals surface area contributed by atoms with E-state index in [-0.39, 0.29) is 10.8 Å². The van der Waals surface area contributed by atoms with Crippen LogP contribution in [0.1, 0.15) is 18.1 Å². The summed E-state index contributed by atoms with van der Waals surface area (Å²) in [5, 5.41) is 2.62. The van der Waals surface area contributed by atoms with Crippen LogP contribution in [0.3, 0.4) is 0 Å². The molecule has 2 aromatic rings. The van der Waals surface area contributed by atoms with E-state index in [0.717, 1.165) is 6.54 Å². The van der Waals surface area contributed by atoms with E-state index in [0.29, 0.717) is 37.6 Å². The highest BCUT2D eigenvalue weighted by Crippen LogP contribution is 2.29. The van der Waals surface area contributed by atoms with Gasteiger partial charge in [0, 0.05) is 39.6 Å². The maximum Gasteiger partial charge on any atom is 0.243 e. The molecule has 0 aromatic heterocycles. The first kappa shape index (κ1) is 21.3. The van der Waals surface area contributed by atoms with Crippen LogP contribution in [0.15, 0.2) is 47.4 Å². The number of benzene rings is 2. The third-order valence-corrected chi connectivity index (χ3v) is 6.83. The highest BCUT2D eigenvalue weighted by Gasteiger charge is 2.29. The number of sulfonamides is 1. The quantitative estimate of drug-likeness (QED) is 0.781. The number of carbonyl (C=O) groups is 1. The van der Waals surface area contributed by atoms with Gasteiger partial charge in [-0.25, -0.2) is 8.42 Å². The van der Waals surface area contributed by atoms with Crippen molar-refractivity contribution in [2.45, 2.75) is 25.3 Å². The molecule has 1 saturated heterocycles. The average molecular weight is 418 g/mol. The maximum absolute atomic E-state index is 13.1. The molecule has 1 aliphatic heterocycles. The number of amides is 1. The zero-order valence-corrected chi connectivity index (χ0v) is 17.8. The van der Waals surface area contributed by atoms with Gasteiger partial charge in [0.2, 0.25) is 15.9 Å². The Morgan fingerprint density at radius 3 is 2.45 bits per heavy atom. The Bertz CT molecular complexity index is 983. The number of nitrogens with zero attached hydrogens (tertiary/aromatic N) is 2. The second kappa shape index (κ2) is 8.94. The maximum atomic E-state index is 13.1. The molecule has 29 heavy (non-hydrogen) atoms. The molecule has 0 saturated carbocycles. The van der Waals surface area contributed by atoms with E-state index in [9.17, 15) is 13.2 Å². The number of carbonyl (C=O) groups excluding carboxylic acids is 1. The van der Waals surface area contributed by atoms with E-state index >= 15 is 0 Å². The van der Waals surface area contributed by atoms with Crippen LogP contribution in [0.5, 0.6) is 5.75 Å². The second-order valence-electron chi connectivity index (χ2n) is 7.21. The minimum atomic E-state index is -3.65. The third kappa shape index (κ3) is 5.14. The summed E-state index contributed by atoms with van der Waals surface area (Å²) in [6.45, 7) is 6.44. The van der Waals surface area contributed by atoms with Crippen LogP contribution in [-0.2, 0) is 21.4 Å². The van der Waals surface area contributed by atoms with Crippen LogP contribution in [0.4, 0.5) is 5.69 Å². The summed E-state index contributed by atoms with van der Waals surface area (Å²) in [4.78, 5) is 13.8. The summed E-state index contributed by atoms with van der Waals surface area (Å²) in [5.41, 5.74) is 2.80. The number of rotatable bonds is 6. The van der Waals surface area contributed by atoms with Gasteiger partial charge >= 0.3 is 0 Å². The molecule has 7 nitrogen and oxygen atoms in total. The van der Waals surface area contributed by atoms with Gasteiger partial charge in [-0.2, -0.15) is 4.31 Å². The largest absolute Gasteiger partial charge is 0.495 e. The molecule has 3 rings (SSSR count). The fraction of sp³-hybridized carbons (Fsp3) is 0.381. The van der Waals surface area contributed by atoms with Crippen molar-refractivity contribution in [2.24, 2.45) is 0 Å². The van der Waals surface area contributed by atoms with Crippen LogP contribution in [0.25, 0.3) is 0 Å². The highest BCUT2D eigenvalue weighted by molar-refractivity contribution is 7.89. The lowest BCUT2D eigenvalue weighted by Crippen LogP contribution is -2.48. The predicted molar refractivity (Wildman–Crippen MR) is 113 cm³/mol. The van der Waals surface area contributed by atoms with Crippen LogP contribution in [0, 0.1) is 6.92 Å². The van der Waals surface area contributed by atoms with Crippen molar-refractivity contribution in [3.8, 4) is 5.75 Å². The molecule has 0 atom stereocenters. The first-order chi connectivity index (χ1) is 13.8. The number of hydrogen-bond donors (Lipinski definition) is 1. The molecule has 0 unspecified atom stereocenters. The minimum absolute atomic E-state index is 0.147. The molecular formula is C21H27N3O4S. The molecule has 1 amide bonds. The molecule has 1 fully saturated rings. The number of ether oxygens (including phenoxy) is 1. The monoisotopic (exact) mass is 417 g/mol.